The van der Waals surface area contributed by atoms with E-state index in [-0.39, 0.29) is 33.5 Å². The number of nitrogens with zero attached hydrogens (tertiary/aromatic N) is 1. The van der Waals surface area contributed by atoms with E-state index in [2.05, 4.69) is 0 Å². The molecule has 0 heterocycles. The van der Waals surface area contributed by atoms with Gasteiger partial charge in [0.15, 0.2) is 0 Å². The summed E-state index contributed by atoms with van der Waals surface area (Å²) < 4.78 is 0. The normalized spacial score (nSPS) is 3.00. The van der Waals surface area contributed by atoms with Gasteiger partial charge < -0.3 is 36.9 Å². The van der Waals surface area contributed by atoms with Crippen molar-refractivity contribution in [2.75, 3.05) is 7.11 Å². The minimum atomic E-state index is -1.75. The van der Waals surface area contributed by atoms with Gasteiger partial charge in [-0.1, -0.05) is 0 Å². The maximum atomic E-state index is 8.25. The van der Waals surface area contributed by atoms with E-state index in [1.54, 1.807) is 0 Å². The van der Waals surface area contributed by atoms with Crippen LogP contribution in [0.1, 0.15) is 0 Å². The van der Waals surface area contributed by atoms with Crippen molar-refractivity contribution in [1.29, 1.82) is 0 Å². The predicted molar refractivity (Wildman–Crippen MR) is 29.3 cm³/mol. The molecule has 0 atom stereocenters. The molecule has 0 radical (unpaired) electrons. The van der Waals surface area contributed by atoms with Crippen LogP contribution in [-0.2, 0) is 17.1 Å². The second-order valence-electron chi connectivity index (χ2n) is 0.224. The zero-order valence-corrected chi connectivity index (χ0v) is 5.86. The van der Waals surface area contributed by atoms with Gasteiger partial charge in [-0.05, 0) is 0 Å². The van der Waals surface area contributed by atoms with E-state index in [0.717, 1.165) is 7.11 Å². The van der Waals surface area contributed by atoms with E-state index in [9.17, 15) is 0 Å². The van der Waals surface area contributed by atoms with Crippen LogP contribution in [0.15, 0.2) is 0 Å². The Morgan fingerprint density at radius 2 is 1.10 bits per heavy atom. The average molecular weight is 212 g/mol. The summed E-state index contributed by atoms with van der Waals surface area (Å²) >= 11 is 0. The fourth-order valence-corrected chi connectivity index (χ4v) is 0. The van der Waals surface area contributed by atoms with Gasteiger partial charge in [0.05, 0.1) is 5.09 Å². The van der Waals surface area contributed by atoms with Crippen LogP contribution in [0.25, 0.3) is 0 Å². The smallest absolute Gasteiger partial charge is 0.412 e. The van der Waals surface area contributed by atoms with Crippen LogP contribution in [0.2, 0.25) is 0 Å². The Hall–Kier alpha value is -0.441. The van der Waals surface area contributed by atoms with E-state index in [4.69, 9.17) is 20.4 Å². The third kappa shape index (κ3) is 1680. The molecule has 10 heavy (non-hydrogen) atoms. The monoisotopic (exact) mass is 211 g/mol. The Morgan fingerprint density at radius 3 is 1.10 bits per heavy atom. The first-order valence-electron chi connectivity index (χ1n) is 0.995. The van der Waals surface area contributed by atoms with Crippen molar-refractivity contribution in [2.24, 2.45) is 0 Å². The Balaban J connectivity index is -0.00000000625. The zero-order valence-electron chi connectivity index (χ0n) is 4.92. The molecule has 0 bridgehead atoms. The number of hydrogen-bond acceptors (Lipinski definition) is 4. The number of hydrogen-bond donors (Lipinski definition) is 1. The molecule has 0 rings (SSSR count). The molecule has 0 fully saturated rings. The molecule has 72 valence electrons. The predicted octanol–water partition coefficient (Wildman–Crippen LogP) is -3.11. The second-order valence-corrected chi connectivity index (χ2v) is 0.224. The molecule has 7 N–H and O–H groups in total. The van der Waals surface area contributed by atoms with Crippen molar-refractivity contribution in [3.05, 3.63) is 15.3 Å². The molecule has 0 aliphatic rings. The first-order chi connectivity index (χ1) is 2.73. The summed E-state index contributed by atoms with van der Waals surface area (Å²) in [7, 11) is 1.00. The Morgan fingerprint density at radius 1 is 1.10 bits per heavy atom. The van der Waals surface area contributed by atoms with Crippen molar-refractivity contribution >= 4 is 0 Å². The first kappa shape index (κ1) is 55.3. The molecule has 0 aromatic rings. The van der Waals surface area contributed by atoms with Crippen molar-refractivity contribution in [1.82, 2.24) is 0 Å². The van der Waals surface area contributed by atoms with Crippen molar-refractivity contribution in [3.8, 4) is 0 Å². The summed E-state index contributed by atoms with van der Waals surface area (Å²) in [6.07, 6.45) is 0. The number of aliphatic hydroxyl groups is 1. The first-order valence-corrected chi connectivity index (χ1v) is 0.995. The Labute approximate surface area is 67.0 Å². The maximum absolute atomic E-state index is 8.25. The van der Waals surface area contributed by atoms with Gasteiger partial charge in [-0.3, -0.25) is 0 Å². The summed E-state index contributed by atoms with van der Waals surface area (Å²) in [5.74, 6) is 0. The molecular formula is CH10CuNO7. The molecule has 0 aliphatic heterocycles. The van der Waals surface area contributed by atoms with Crippen LogP contribution in [0.3, 0.4) is 0 Å². The van der Waals surface area contributed by atoms with Gasteiger partial charge >= 0.3 is 17.1 Å². The van der Waals surface area contributed by atoms with Gasteiger partial charge in [0.1, 0.15) is 0 Å². The van der Waals surface area contributed by atoms with E-state index in [1.165, 1.54) is 0 Å². The quantitative estimate of drug-likeness (QED) is 0.253. The summed E-state index contributed by atoms with van der Waals surface area (Å²) in [6, 6.07) is 0. The largest absolute Gasteiger partial charge is 1.00 e. The van der Waals surface area contributed by atoms with Crippen molar-refractivity contribution in [3.63, 3.8) is 0 Å². The van der Waals surface area contributed by atoms with Crippen molar-refractivity contribution < 1.29 is 43.7 Å². The van der Waals surface area contributed by atoms with Gasteiger partial charge in [-0.2, -0.15) is 0 Å². The SMILES string of the molecule is CO.O.O.O.O=[N+]([O-])[O-].[Cu+]. The van der Waals surface area contributed by atoms with Crippen LogP contribution < -0.4 is 0 Å². The van der Waals surface area contributed by atoms with E-state index >= 15 is 0 Å². The van der Waals surface area contributed by atoms with E-state index in [0.29, 0.717) is 0 Å². The van der Waals surface area contributed by atoms with Crippen LogP contribution in [-0.4, -0.2) is 33.7 Å². The van der Waals surface area contributed by atoms with E-state index in [1.807, 2.05) is 0 Å². The molecular weight excluding hydrogens is 202 g/mol. The molecule has 0 aromatic heterocycles. The second kappa shape index (κ2) is 74.7. The fourth-order valence-electron chi connectivity index (χ4n) is 0. The molecule has 0 amide bonds. The molecule has 0 spiro atoms. The van der Waals surface area contributed by atoms with Gasteiger partial charge in [0.2, 0.25) is 0 Å². The number of rotatable bonds is 0. The third-order valence-electron chi connectivity index (χ3n) is 0. The third-order valence-corrected chi connectivity index (χ3v) is 0. The van der Waals surface area contributed by atoms with E-state index < -0.39 is 5.09 Å². The zero-order chi connectivity index (χ0) is 5.58. The summed E-state index contributed by atoms with van der Waals surface area (Å²) in [6.45, 7) is 0. The van der Waals surface area contributed by atoms with Gasteiger partial charge in [0, 0.05) is 7.11 Å². The fraction of sp³-hybridized carbons (Fsp3) is 1.00. The van der Waals surface area contributed by atoms with Crippen LogP contribution in [0.5, 0.6) is 0 Å². The average Bonchev–Trinajstić information content (AvgIpc) is 1.41. The Kier molecular flexibility index (Phi) is 413. The molecule has 0 aliphatic carbocycles. The molecule has 0 saturated carbocycles. The molecule has 0 aromatic carbocycles. The summed E-state index contributed by atoms with van der Waals surface area (Å²) in [4.78, 5) is 8.25. The van der Waals surface area contributed by atoms with Gasteiger partial charge in [0.25, 0.3) is 0 Å². The topological polar surface area (TPSA) is 181 Å². The van der Waals surface area contributed by atoms with Crippen LogP contribution in [0, 0.1) is 15.3 Å². The minimum absolute atomic E-state index is 0. The van der Waals surface area contributed by atoms with Crippen LogP contribution in [0.4, 0.5) is 0 Å². The summed E-state index contributed by atoms with van der Waals surface area (Å²) in [5, 5.41) is 21.8. The number of aliphatic hydroxyl groups excluding tert-OH is 1. The molecule has 9 heteroatoms. The minimum Gasteiger partial charge on any atom is -0.412 e. The molecule has 0 saturated heterocycles. The summed E-state index contributed by atoms with van der Waals surface area (Å²) in [5.41, 5.74) is 0. The van der Waals surface area contributed by atoms with Gasteiger partial charge in [-0.15, -0.1) is 0 Å². The molecule has 0 unspecified atom stereocenters. The van der Waals surface area contributed by atoms with Crippen LogP contribution >= 0.6 is 0 Å². The van der Waals surface area contributed by atoms with Crippen molar-refractivity contribution in [2.45, 2.75) is 0 Å². The van der Waals surface area contributed by atoms with Gasteiger partial charge in [-0.25, -0.2) is 0 Å². The standard InChI is InChI=1S/CH4O.Cu.NO3.3H2O/c1-2;;2-1(3)4;;;/h2H,1H3;;;3*1H2/q;+1;-1;;;. The maximum Gasteiger partial charge on any atom is 1.00 e. The molecule has 8 nitrogen and oxygen atoms in total. The Bertz CT molecular complexity index is 36.6.